The summed E-state index contributed by atoms with van der Waals surface area (Å²) >= 11 is 0. The average molecular weight is 467 g/mol. The van der Waals surface area contributed by atoms with Crippen LogP contribution in [0.4, 0.5) is 4.39 Å². The van der Waals surface area contributed by atoms with Crippen LogP contribution in [0.25, 0.3) is 0 Å². The second kappa shape index (κ2) is 8.24. The lowest BCUT2D eigenvalue weighted by molar-refractivity contribution is 0.235. The summed E-state index contributed by atoms with van der Waals surface area (Å²) in [6.07, 6.45) is 1.94. The molecular formula is C20H23FIN3O. The molecule has 0 bridgehead atoms. The zero-order chi connectivity index (χ0) is 17.2. The SMILES string of the molecule is CN=C(NCC1Cc2ccccc2O1)NC1CC1c1ccccc1F.I. The fourth-order valence-electron chi connectivity index (χ4n) is 3.42. The smallest absolute Gasteiger partial charge is 0.191 e. The predicted molar refractivity (Wildman–Crippen MR) is 112 cm³/mol. The first kappa shape index (κ1) is 18.9. The van der Waals surface area contributed by atoms with Gasteiger partial charge in [-0.25, -0.2) is 4.39 Å². The Labute approximate surface area is 170 Å². The van der Waals surface area contributed by atoms with Gasteiger partial charge in [0.15, 0.2) is 5.96 Å². The van der Waals surface area contributed by atoms with Crippen molar-refractivity contribution in [2.24, 2.45) is 4.99 Å². The molecule has 1 aliphatic carbocycles. The Morgan fingerprint density at radius 1 is 1.19 bits per heavy atom. The van der Waals surface area contributed by atoms with Gasteiger partial charge in [-0.3, -0.25) is 4.99 Å². The van der Waals surface area contributed by atoms with Crippen molar-refractivity contribution in [1.82, 2.24) is 10.6 Å². The minimum atomic E-state index is -0.128. The summed E-state index contributed by atoms with van der Waals surface area (Å²) < 4.78 is 19.8. The molecular weight excluding hydrogens is 444 g/mol. The number of guanidine groups is 1. The molecule has 1 fully saturated rings. The highest BCUT2D eigenvalue weighted by atomic mass is 127. The van der Waals surface area contributed by atoms with Crippen LogP contribution in [0.1, 0.15) is 23.5 Å². The number of halogens is 2. The molecule has 2 N–H and O–H groups in total. The van der Waals surface area contributed by atoms with E-state index < -0.39 is 0 Å². The third-order valence-electron chi connectivity index (χ3n) is 4.85. The summed E-state index contributed by atoms with van der Waals surface area (Å²) in [7, 11) is 1.75. The quantitative estimate of drug-likeness (QED) is 0.412. The van der Waals surface area contributed by atoms with Crippen molar-refractivity contribution in [3.8, 4) is 5.75 Å². The molecule has 2 aromatic carbocycles. The van der Waals surface area contributed by atoms with Gasteiger partial charge in [-0.1, -0.05) is 36.4 Å². The summed E-state index contributed by atoms with van der Waals surface area (Å²) in [5.74, 6) is 1.80. The molecule has 3 atom stereocenters. The second-order valence-electron chi connectivity index (χ2n) is 6.62. The third kappa shape index (κ3) is 4.11. The van der Waals surface area contributed by atoms with Crippen LogP contribution in [0.2, 0.25) is 0 Å². The summed E-state index contributed by atoms with van der Waals surface area (Å²) in [5.41, 5.74) is 2.03. The second-order valence-corrected chi connectivity index (χ2v) is 6.62. The van der Waals surface area contributed by atoms with Gasteiger partial charge in [-0.05, 0) is 29.7 Å². The maximum atomic E-state index is 13.9. The average Bonchev–Trinajstić information content (AvgIpc) is 3.26. The zero-order valence-electron chi connectivity index (χ0n) is 14.6. The van der Waals surface area contributed by atoms with Crippen molar-refractivity contribution in [2.45, 2.75) is 30.9 Å². The molecule has 0 aromatic heterocycles. The highest BCUT2D eigenvalue weighted by Gasteiger charge is 2.40. The van der Waals surface area contributed by atoms with Crippen molar-refractivity contribution in [1.29, 1.82) is 0 Å². The number of fused-ring (bicyclic) bond motifs is 1. The first-order valence-electron chi connectivity index (χ1n) is 8.71. The molecule has 1 saturated carbocycles. The van der Waals surface area contributed by atoms with E-state index >= 15 is 0 Å². The molecule has 0 amide bonds. The number of para-hydroxylation sites is 1. The van der Waals surface area contributed by atoms with Crippen LogP contribution in [-0.4, -0.2) is 31.7 Å². The van der Waals surface area contributed by atoms with Gasteiger partial charge in [-0.2, -0.15) is 0 Å². The molecule has 0 spiro atoms. The topological polar surface area (TPSA) is 45.7 Å². The number of benzene rings is 2. The zero-order valence-corrected chi connectivity index (χ0v) is 16.9. The monoisotopic (exact) mass is 467 g/mol. The highest BCUT2D eigenvalue weighted by Crippen LogP contribution is 2.41. The van der Waals surface area contributed by atoms with Crippen molar-refractivity contribution >= 4 is 29.9 Å². The molecule has 26 heavy (non-hydrogen) atoms. The minimum absolute atomic E-state index is 0. The number of hydrogen-bond acceptors (Lipinski definition) is 2. The van der Waals surface area contributed by atoms with E-state index in [4.69, 9.17) is 4.74 Å². The number of ether oxygens (including phenoxy) is 1. The maximum Gasteiger partial charge on any atom is 0.191 e. The van der Waals surface area contributed by atoms with Crippen molar-refractivity contribution in [2.75, 3.05) is 13.6 Å². The van der Waals surface area contributed by atoms with Gasteiger partial charge in [-0.15, -0.1) is 24.0 Å². The number of aliphatic imine (C=N–C) groups is 1. The highest BCUT2D eigenvalue weighted by molar-refractivity contribution is 14.0. The Morgan fingerprint density at radius 3 is 2.73 bits per heavy atom. The standard InChI is InChI=1S/C20H22FN3O.HI/c1-22-20(23-12-14-10-13-6-2-5-9-19(13)25-14)24-18-11-16(18)15-7-3-4-8-17(15)21;/h2-9,14,16,18H,10-12H2,1H3,(H2,22,23,24);1H. The van der Waals surface area contributed by atoms with Gasteiger partial charge < -0.3 is 15.4 Å². The van der Waals surface area contributed by atoms with Gasteiger partial charge in [0, 0.05) is 25.4 Å². The van der Waals surface area contributed by atoms with E-state index in [0.717, 1.165) is 30.1 Å². The summed E-state index contributed by atoms with van der Waals surface area (Å²) in [6.45, 7) is 0.686. The summed E-state index contributed by atoms with van der Waals surface area (Å²) in [4.78, 5) is 4.27. The van der Waals surface area contributed by atoms with Gasteiger partial charge in [0.05, 0.1) is 6.54 Å². The van der Waals surface area contributed by atoms with Crippen LogP contribution in [-0.2, 0) is 6.42 Å². The van der Waals surface area contributed by atoms with E-state index in [1.165, 1.54) is 11.6 Å². The van der Waals surface area contributed by atoms with Crippen LogP contribution in [0, 0.1) is 5.82 Å². The van der Waals surface area contributed by atoms with Gasteiger partial charge >= 0.3 is 0 Å². The van der Waals surface area contributed by atoms with Crippen LogP contribution >= 0.6 is 24.0 Å². The van der Waals surface area contributed by atoms with E-state index in [9.17, 15) is 4.39 Å². The molecule has 4 rings (SSSR count). The predicted octanol–water partition coefficient (Wildman–Crippen LogP) is 3.47. The van der Waals surface area contributed by atoms with Gasteiger partial charge in [0.1, 0.15) is 17.7 Å². The number of rotatable bonds is 4. The molecule has 138 valence electrons. The van der Waals surface area contributed by atoms with Crippen molar-refractivity contribution < 1.29 is 9.13 Å². The van der Waals surface area contributed by atoms with E-state index in [1.807, 2.05) is 30.3 Å². The summed E-state index contributed by atoms with van der Waals surface area (Å²) in [5, 5.41) is 6.70. The molecule has 6 heteroatoms. The first-order chi connectivity index (χ1) is 12.2. The largest absolute Gasteiger partial charge is 0.488 e. The summed E-state index contributed by atoms with van der Waals surface area (Å²) in [6, 6.07) is 15.4. The molecule has 0 saturated heterocycles. The molecule has 4 nitrogen and oxygen atoms in total. The Hall–Kier alpha value is -1.83. The van der Waals surface area contributed by atoms with E-state index in [2.05, 4.69) is 21.7 Å². The Balaban J connectivity index is 0.00000196. The molecule has 2 aliphatic rings. The lowest BCUT2D eigenvalue weighted by atomic mass is 10.1. The Morgan fingerprint density at radius 2 is 1.96 bits per heavy atom. The normalized spacial score (nSPS) is 23.5. The number of nitrogens with zero attached hydrogens (tertiary/aromatic N) is 1. The molecule has 3 unspecified atom stereocenters. The van der Waals surface area contributed by atoms with E-state index in [0.29, 0.717) is 6.54 Å². The number of nitrogens with one attached hydrogen (secondary N) is 2. The fraction of sp³-hybridized carbons (Fsp3) is 0.350. The Kier molecular flexibility index (Phi) is 6.01. The molecule has 1 heterocycles. The van der Waals surface area contributed by atoms with Crippen LogP contribution < -0.4 is 15.4 Å². The lowest BCUT2D eigenvalue weighted by Crippen LogP contribution is -2.43. The Bertz CT molecular complexity index is 773. The molecule has 0 radical (unpaired) electrons. The van der Waals surface area contributed by atoms with Gasteiger partial charge in [0.25, 0.3) is 0 Å². The minimum Gasteiger partial charge on any atom is -0.488 e. The first-order valence-corrected chi connectivity index (χ1v) is 8.71. The molecule has 2 aromatic rings. The fourth-order valence-corrected chi connectivity index (χ4v) is 3.42. The van der Waals surface area contributed by atoms with Gasteiger partial charge in [0.2, 0.25) is 0 Å². The van der Waals surface area contributed by atoms with Crippen molar-refractivity contribution in [3.05, 3.63) is 65.5 Å². The van der Waals surface area contributed by atoms with Crippen LogP contribution in [0.15, 0.2) is 53.5 Å². The van der Waals surface area contributed by atoms with Crippen LogP contribution in [0.3, 0.4) is 0 Å². The number of hydrogen-bond donors (Lipinski definition) is 2. The maximum absolute atomic E-state index is 13.9. The van der Waals surface area contributed by atoms with Crippen molar-refractivity contribution in [3.63, 3.8) is 0 Å². The van der Waals surface area contributed by atoms with E-state index in [-0.39, 0.29) is 47.9 Å². The van der Waals surface area contributed by atoms with E-state index in [1.54, 1.807) is 13.1 Å². The third-order valence-corrected chi connectivity index (χ3v) is 4.85. The molecule has 1 aliphatic heterocycles. The lowest BCUT2D eigenvalue weighted by Gasteiger charge is -2.15. The van der Waals surface area contributed by atoms with Crippen LogP contribution in [0.5, 0.6) is 5.75 Å².